The Bertz CT molecular complexity index is 1280. The number of pyridine rings is 1. The summed E-state index contributed by atoms with van der Waals surface area (Å²) < 4.78 is 14.4. The minimum absolute atomic E-state index is 0.0111. The van der Waals surface area contributed by atoms with Gasteiger partial charge in [-0.1, -0.05) is 18.2 Å². The van der Waals surface area contributed by atoms with Gasteiger partial charge in [-0.15, -0.1) is 5.71 Å². The zero-order valence-corrected chi connectivity index (χ0v) is 19.4. The largest absolute Gasteiger partial charge is 0.803 e. The summed E-state index contributed by atoms with van der Waals surface area (Å²) in [6, 6.07) is 15.2. The van der Waals surface area contributed by atoms with E-state index in [4.69, 9.17) is 5.73 Å². The van der Waals surface area contributed by atoms with Crippen LogP contribution in [0.25, 0.3) is 11.5 Å². The Morgan fingerprint density at radius 1 is 1.23 bits per heavy atom. The second-order valence-corrected chi connectivity index (χ2v) is 8.21. The summed E-state index contributed by atoms with van der Waals surface area (Å²) in [5.74, 6) is -0.495. The lowest BCUT2D eigenvalue weighted by atomic mass is 10.1. The number of benzene rings is 2. The predicted molar refractivity (Wildman–Crippen MR) is 139 cm³/mol. The Balaban J connectivity index is 1.45. The second-order valence-electron chi connectivity index (χ2n) is 8.21. The smallest absolute Gasteiger partial charge is 0.166 e. The van der Waals surface area contributed by atoms with Crippen molar-refractivity contribution in [2.24, 2.45) is 0 Å². The SMILES string of the molecule is CC1C=C(C(O)Nc2cc(Nc3ccc(C(=[N-])/C=C/c4ccccn4)c(N)c3)ccc2F)N(C)N1. The van der Waals surface area contributed by atoms with Gasteiger partial charge in [-0.25, -0.2) is 9.82 Å². The molecule has 0 amide bonds. The van der Waals surface area contributed by atoms with Gasteiger partial charge in [0.2, 0.25) is 0 Å². The summed E-state index contributed by atoms with van der Waals surface area (Å²) in [5.41, 5.74) is 12.9. The number of hydrazine groups is 1. The highest BCUT2D eigenvalue weighted by Crippen LogP contribution is 2.27. The van der Waals surface area contributed by atoms with E-state index in [9.17, 15) is 14.9 Å². The molecule has 35 heavy (non-hydrogen) atoms. The summed E-state index contributed by atoms with van der Waals surface area (Å²) in [4.78, 5) is 4.18. The van der Waals surface area contributed by atoms with Crippen molar-refractivity contribution in [1.82, 2.24) is 15.4 Å². The highest BCUT2D eigenvalue weighted by atomic mass is 19.1. The average Bonchev–Trinajstić information content (AvgIpc) is 3.18. The molecule has 1 aromatic heterocycles. The first-order chi connectivity index (χ1) is 16.8. The molecule has 0 fully saturated rings. The first kappa shape index (κ1) is 23.9. The summed E-state index contributed by atoms with van der Waals surface area (Å²) >= 11 is 0. The molecule has 2 unspecified atom stereocenters. The molecule has 0 aliphatic carbocycles. The summed E-state index contributed by atoms with van der Waals surface area (Å²) in [6.45, 7) is 1.95. The minimum atomic E-state index is -1.09. The van der Waals surface area contributed by atoms with Crippen LogP contribution in [0.5, 0.6) is 0 Å². The summed E-state index contributed by atoms with van der Waals surface area (Å²) in [7, 11) is 1.78. The van der Waals surface area contributed by atoms with E-state index >= 15 is 0 Å². The maximum Gasteiger partial charge on any atom is 0.166 e. The van der Waals surface area contributed by atoms with E-state index in [0.717, 1.165) is 0 Å². The minimum Gasteiger partial charge on any atom is -0.803 e. The van der Waals surface area contributed by atoms with E-state index < -0.39 is 12.0 Å². The molecule has 0 saturated carbocycles. The highest BCUT2D eigenvalue weighted by Gasteiger charge is 2.23. The van der Waals surface area contributed by atoms with Crippen molar-refractivity contribution in [3.05, 3.63) is 101 Å². The van der Waals surface area contributed by atoms with E-state index in [2.05, 4.69) is 21.0 Å². The molecule has 2 atom stereocenters. The Kier molecular flexibility index (Phi) is 7.09. The third kappa shape index (κ3) is 5.84. The zero-order valence-electron chi connectivity index (χ0n) is 19.4. The molecule has 9 heteroatoms. The number of nitrogens with one attached hydrogen (secondary N) is 3. The molecular weight excluding hydrogens is 445 g/mol. The first-order valence-electron chi connectivity index (χ1n) is 11.1. The number of halogens is 1. The van der Waals surface area contributed by atoms with Crippen LogP contribution in [0.1, 0.15) is 18.2 Å². The number of aliphatic hydroxyl groups is 1. The number of nitrogens with zero attached hydrogens (tertiary/aromatic N) is 3. The molecule has 4 rings (SSSR count). The lowest BCUT2D eigenvalue weighted by molar-refractivity contribution is 0.182. The quantitative estimate of drug-likeness (QED) is 0.190. The molecule has 3 aromatic rings. The summed E-state index contributed by atoms with van der Waals surface area (Å²) in [5, 5.41) is 28.6. The van der Waals surface area contributed by atoms with Crippen molar-refractivity contribution < 1.29 is 9.50 Å². The third-order valence-corrected chi connectivity index (χ3v) is 5.46. The number of anilines is 4. The van der Waals surface area contributed by atoms with Gasteiger partial charge in [-0.2, -0.15) is 0 Å². The number of aromatic nitrogens is 1. The van der Waals surface area contributed by atoms with Gasteiger partial charge in [0.1, 0.15) is 5.82 Å². The van der Waals surface area contributed by atoms with E-state index in [0.29, 0.717) is 34.0 Å². The average molecular weight is 473 g/mol. The number of aliphatic hydroxyl groups excluding tert-OH is 1. The predicted octanol–water partition coefficient (Wildman–Crippen LogP) is 4.07. The van der Waals surface area contributed by atoms with Gasteiger partial charge in [-0.3, -0.25) is 4.98 Å². The Labute approximate surface area is 203 Å². The monoisotopic (exact) mass is 472 g/mol. The van der Waals surface area contributed by atoms with Crippen LogP contribution in [0.4, 0.5) is 27.1 Å². The second kappa shape index (κ2) is 10.4. The van der Waals surface area contributed by atoms with Crippen LogP contribution in [0.2, 0.25) is 0 Å². The van der Waals surface area contributed by atoms with Gasteiger partial charge in [0, 0.05) is 36.3 Å². The first-order valence-corrected chi connectivity index (χ1v) is 11.1. The molecule has 8 nitrogen and oxygen atoms in total. The number of nitrogen functional groups attached to an aromatic ring is 1. The highest BCUT2D eigenvalue weighted by molar-refractivity contribution is 6.15. The Morgan fingerprint density at radius 3 is 2.69 bits per heavy atom. The van der Waals surface area contributed by atoms with Crippen molar-refractivity contribution in [2.45, 2.75) is 19.2 Å². The molecule has 0 saturated heterocycles. The van der Waals surface area contributed by atoms with Crippen molar-refractivity contribution in [3.63, 3.8) is 0 Å². The molecular formula is C26H27FN7O-. The van der Waals surface area contributed by atoms with Crippen LogP contribution in [-0.2, 0) is 0 Å². The molecule has 1 aliphatic rings. The molecule has 1 aliphatic heterocycles. The van der Waals surface area contributed by atoms with E-state index in [1.165, 1.54) is 12.1 Å². The lowest BCUT2D eigenvalue weighted by Gasteiger charge is -2.23. The Hall–Kier alpha value is -4.21. The van der Waals surface area contributed by atoms with E-state index in [1.807, 2.05) is 31.2 Å². The lowest BCUT2D eigenvalue weighted by Crippen LogP contribution is -2.37. The van der Waals surface area contributed by atoms with Crippen LogP contribution in [0.15, 0.2) is 78.6 Å². The molecule has 2 heterocycles. The van der Waals surface area contributed by atoms with E-state index in [-0.39, 0.29) is 17.4 Å². The normalized spacial score (nSPS) is 16.3. The van der Waals surface area contributed by atoms with Crippen LogP contribution in [-0.4, -0.2) is 40.1 Å². The van der Waals surface area contributed by atoms with Gasteiger partial charge in [0.25, 0.3) is 0 Å². The van der Waals surface area contributed by atoms with Crippen molar-refractivity contribution in [2.75, 3.05) is 23.4 Å². The van der Waals surface area contributed by atoms with Gasteiger partial charge in [0.05, 0.1) is 17.1 Å². The van der Waals surface area contributed by atoms with Crippen molar-refractivity contribution >= 4 is 34.5 Å². The van der Waals surface area contributed by atoms with Crippen molar-refractivity contribution in [1.29, 1.82) is 0 Å². The molecule has 0 bridgehead atoms. The number of likely N-dealkylation sites (N-methyl/N-ethyl adjacent to an activating group) is 1. The number of nitrogens with two attached hydrogens (primary N) is 1. The molecule has 0 spiro atoms. The van der Waals surface area contributed by atoms with E-state index in [1.54, 1.807) is 54.7 Å². The van der Waals surface area contributed by atoms with Gasteiger partial charge in [0.15, 0.2) is 6.23 Å². The Morgan fingerprint density at radius 2 is 2.00 bits per heavy atom. The number of rotatable bonds is 8. The standard InChI is InChI=1S/C26H27FN7O/c1-16-13-25(34(2)33-16)26(35)32-24-15-19(7-10-21(24)27)31-18-6-9-20(23(29)14-18)22(28)11-8-17-5-3-4-12-30-17/h3-16,26,31-33,35H,29H2,1-2H3/q-1/b11-8+. The zero-order chi connectivity index (χ0) is 24.9. The molecule has 180 valence electrons. The molecule has 2 aromatic carbocycles. The number of hydrogen-bond acceptors (Lipinski definition) is 7. The third-order valence-electron chi connectivity index (χ3n) is 5.46. The summed E-state index contributed by atoms with van der Waals surface area (Å²) in [6.07, 6.45) is 5.68. The van der Waals surface area contributed by atoms with Crippen LogP contribution in [0, 0.1) is 5.82 Å². The maximum absolute atomic E-state index is 14.4. The molecule has 0 radical (unpaired) electrons. The number of hydrogen-bond donors (Lipinski definition) is 5. The fourth-order valence-corrected chi connectivity index (χ4v) is 3.76. The topological polar surface area (TPSA) is 121 Å². The molecule has 6 N–H and O–H groups in total. The fraction of sp³-hybridized carbons (Fsp3) is 0.154. The van der Waals surface area contributed by atoms with Gasteiger partial charge >= 0.3 is 0 Å². The van der Waals surface area contributed by atoms with Gasteiger partial charge in [-0.05, 0) is 67.1 Å². The fourth-order valence-electron chi connectivity index (χ4n) is 3.76. The number of allylic oxidation sites excluding steroid dienone is 1. The van der Waals surface area contributed by atoms with Crippen LogP contribution >= 0.6 is 0 Å². The van der Waals surface area contributed by atoms with Gasteiger partial charge < -0.3 is 31.9 Å². The van der Waals surface area contributed by atoms with Crippen LogP contribution < -0.4 is 21.8 Å². The van der Waals surface area contributed by atoms with Crippen molar-refractivity contribution in [3.8, 4) is 0 Å². The maximum atomic E-state index is 14.4. The van der Waals surface area contributed by atoms with Crippen LogP contribution in [0.3, 0.4) is 0 Å².